The molecule has 1 amide bonds. The number of thiazole rings is 1. The fourth-order valence-electron chi connectivity index (χ4n) is 2.29. The summed E-state index contributed by atoms with van der Waals surface area (Å²) in [6, 6.07) is 5.70. The molecule has 11 nitrogen and oxygen atoms in total. The molecule has 1 aromatic carbocycles. The van der Waals surface area contributed by atoms with Gasteiger partial charge in [0.05, 0.1) is 34.8 Å². The first-order chi connectivity index (χ1) is 13.9. The highest BCUT2D eigenvalue weighted by molar-refractivity contribution is 8.12. The number of hydrogen-bond acceptors (Lipinski definition) is 10. The van der Waals surface area contributed by atoms with Crippen molar-refractivity contribution in [3.8, 4) is 5.75 Å². The van der Waals surface area contributed by atoms with Gasteiger partial charge in [-0.1, -0.05) is 16.7 Å². The van der Waals surface area contributed by atoms with Gasteiger partial charge in [0.25, 0.3) is 5.24 Å². The largest absolute Gasteiger partial charge is 0.494 e. The van der Waals surface area contributed by atoms with E-state index in [0.717, 1.165) is 32.7 Å². The summed E-state index contributed by atoms with van der Waals surface area (Å²) < 4.78 is 7.76. The summed E-state index contributed by atoms with van der Waals surface area (Å²) in [4.78, 5) is 30.0. The first-order valence-electron chi connectivity index (χ1n) is 8.46. The maximum Gasteiger partial charge on any atom is 0.490 e. The third-order valence-corrected chi connectivity index (χ3v) is 5.43. The van der Waals surface area contributed by atoms with Crippen LogP contribution in [-0.2, 0) is 12.3 Å². The minimum Gasteiger partial charge on any atom is -0.494 e. The zero-order valence-electron chi connectivity index (χ0n) is 15.6. The van der Waals surface area contributed by atoms with Gasteiger partial charge in [0.15, 0.2) is 0 Å². The van der Waals surface area contributed by atoms with Crippen LogP contribution >= 0.6 is 23.1 Å². The molecule has 13 heteroatoms. The molecule has 2 aromatic heterocycles. The standard InChI is InChI=1S/C16H17N7O4S2/c1-3-27-11-4-5-12-13(6-11)29-14(18-12)8-28-16(24)20-19-10(2)7-22-9-17-15(21-22)23(25)26/h4-6,9H,3,7-8H2,1-2H3,(H,20,24)/b19-10+. The number of fused-ring (bicyclic) bond motifs is 1. The van der Waals surface area contributed by atoms with E-state index in [2.05, 4.69) is 25.6 Å². The Balaban J connectivity index is 1.50. The number of amides is 1. The smallest absolute Gasteiger partial charge is 0.490 e. The number of thioether (sulfide) groups is 1. The van der Waals surface area contributed by atoms with Gasteiger partial charge in [0.1, 0.15) is 10.8 Å². The predicted molar refractivity (Wildman–Crippen MR) is 110 cm³/mol. The van der Waals surface area contributed by atoms with Gasteiger partial charge in [-0.2, -0.15) is 9.78 Å². The SMILES string of the molecule is CCOc1ccc2nc(CSC(=O)N/N=C(\C)Cn3cnc([N+](=O)[O-])n3)sc2c1. The van der Waals surface area contributed by atoms with E-state index in [4.69, 9.17) is 4.74 Å². The number of aromatic nitrogens is 4. The Morgan fingerprint density at radius 3 is 3.03 bits per heavy atom. The lowest BCUT2D eigenvalue weighted by Crippen LogP contribution is -2.17. The van der Waals surface area contributed by atoms with Gasteiger partial charge in [-0.05, 0) is 37.0 Å². The molecule has 0 aliphatic heterocycles. The number of rotatable bonds is 8. The Bertz CT molecular complexity index is 1060. The van der Waals surface area contributed by atoms with E-state index in [1.54, 1.807) is 6.92 Å². The average molecular weight is 435 g/mol. The molecular formula is C16H17N7O4S2. The number of hydrogen-bond donors (Lipinski definition) is 1. The van der Waals surface area contributed by atoms with Crippen molar-refractivity contribution >= 4 is 50.2 Å². The molecule has 0 spiro atoms. The van der Waals surface area contributed by atoms with E-state index >= 15 is 0 Å². The number of hydrazone groups is 1. The number of carbonyl (C=O) groups is 1. The second-order valence-electron chi connectivity index (χ2n) is 5.70. The summed E-state index contributed by atoms with van der Waals surface area (Å²) in [6.45, 7) is 4.37. The van der Waals surface area contributed by atoms with Gasteiger partial charge in [-0.15, -0.1) is 11.3 Å². The normalized spacial score (nSPS) is 11.6. The van der Waals surface area contributed by atoms with Crippen molar-refractivity contribution in [1.29, 1.82) is 0 Å². The van der Waals surface area contributed by atoms with Gasteiger partial charge < -0.3 is 14.9 Å². The Morgan fingerprint density at radius 2 is 2.31 bits per heavy atom. The minimum atomic E-state index is -0.679. The monoisotopic (exact) mass is 435 g/mol. The summed E-state index contributed by atoms with van der Waals surface area (Å²) in [6.07, 6.45) is 1.23. The predicted octanol–water partition coefficient (Wildman–Crippen LogP) is 3.21. The third kappa shape index (κ3) is 5.71. The summed E-state index contributed by atoms with van der Waals surface area (Å²) >= 11 is 2.56. The van der Waals surface area contributed by atoms with Crippen LogP contribution in [0.15, 0.2) is 29.6 Å². The fraction of sp³-hybridized carbons (Fsp3) is 0.312. The molecule has 29 heavy (non-hydrogen) atoms. The van der Waals surface area contributed by atoms with E-state index in [-0.39, 0.29) is 11.8 Å². The Kier molecular flexibility index (Phi) is 6.72. The molecule has 0 radical (unpaired) electrons. The van der Waals surface area contributed by atoms with Crippen LogP contribution in [0.25, 0.3) is 10.2 Å². The van der Waals surface area contributed by atoms with Crippen molar-refractivity contribution < 1.29 is 14.5 Å². The maximum absolute atomic E-state index is 12.0. The zero-order chi connectivity index (χ0) is 20.8. The van der Waals surface area contributed by atoms with Gasteiger partial charge in [0.2, 0.25) is 6.33 Å². The highest BCUT2D eigenvalue weighted by Gasteiger charge is 2.13. The lowest BCUT2D eigenvalue weighted by molar-refractivity contribution is -0.394. The molecule has 3 aromatic rings. The first-order valence-corrected chi connectivity index (χ1v) is 10.3. The number of nitro groups is 1. The van der Waals surface area contributed by atoms with Gasteiger partial charge in [0, 0.05) is 5.10 Å². The quantitative estimate of drug-likeness (QED) is 0.323. The molecule has 0 fully saturated rings. The first kappa shape index (κ1) is 20.7. The second kappa shape index (κ2) is 9.43. The van der Waals surface area contributed by atoms with E-state index in [0.29, 0.717) is 18.1 Å². The van der Waals surface area contributed by atoms with E-state index < -0.39 is 10.9 Å². The number of nitrogens with zero attached hydrogens (tertiary/aromatic N) is 6. The van der Waals surface area contributed by atoms with Crippen LogP contribution in [0.1, 0.15) is 18.9 Å². The lowest BCUT2D eigenvalue weighted by atomic mass is 10.3. The van der Waals surface area contributed by atoms with Gasteiger partial charge in [-0.3, -0.25) is 4.79 Å². The molecule has 0 saturated carbocycles. The number of carbonyl (C=O) groups excluding carboxylic acids is 1. The molecule has 1 N–H and O–H groups in total. The Morgan fingerprint density at radius 1 is 1.48 bits per heavy atom. The van der Waals surface area contributed by atoms with Crippen LogP contribution in [0, 0.1) is 10.1 Å². The van der Waals surface area contributed by atoms with E-state index in [9.17, 15) is 14.9 Å². The van der Waals surface area contributed by atoms with E-state index in [1.807, 2.05) is 25.1 Å². The minimum absolute atomic E-state index is 0.172. The van der Waals surface area contributed by atoms with Crippen LogP contribution in [0.5, 0.6) is 5.75 Å². The summed E-state index contributed by atoms with van der Waals surface area (Å²) in [5, 5.41) is 18.7. The molecule has 0 aliphatic rings. The van der Waals surface area contributed by atoms with E-state index in [1.165, 1.54) is 22.3 Å². The lowest BCUT2D eigenvalue weighted by Gasteiger charge is -2.00. The summed E-state index contributed by atoms with van der Waals surface area (Å²) in [5.74, 6) is 0.726. The van der Waals surface area contributed by atoms with Crippen molar-refractivity contribution in [3.63, 3.8) is 0 Å². The van der Waals surface area contributed by atoms with Crippen LogP contribution in [0.2, 0.25) is 0 Å². The molecule has 3 rings (SSSR count). The highest BCUT2D eigenvalue weighted by atomic mass is 32.2. The van der Waals surface area contributed by atoms with Crippen molar-refractivity contribution in [2.45, 2.75) is 26.1 Å². The number of benzene rings is 1. The number of nitrogens with one attached hydrogen (secondary N) is 1. The molecule has 0 aliphatic carbocycles. The average Bonchev–Trinajstić information content (AvgIpc) is 3.31. The van der Waals surface area contributed by atoms with Crippen LogP contribution < -0.4 is 10.2 Å². The molecule has 152 valence electrons. The zero-order valence-corrected chi connectivity index (χ0v) is 17.2. The van der Waals surface area contributed by atoms with Gasteiger partial charge in [-0.25, -0.2) is 10.4 Å². The topological polar surface area (TPSA) is 137 Å². The molecular weight excluding hydrogens is 418 g/mol. The molecule has 0 unspecified atom stereocenters. The van der Waals surface area contributed by atoms with Crippen molar-refractivity contribution in [2.24, 2.45) is 5.10 Å². The molecule has 0 atom stereocenters. The summed E-state index contributed by atoms with van der Waals surface area (Å²) in [5.41, 5.74) is 3.82. The third-order valence-electron chi connectivity index (χ3n) is 3.46. The Hall–Kier alpha value is -3.06. The maximum atomic E-state index is 12.0. The molecule has 0 bridgehead atoms. The van der Waals surface area contributed by atoms with Crippen molar-refractivity contribution in [3.05, 3.63) is 39.6 Å². The molecule has 2 heterocycles. The summed E-state index contributed by atoms with van der Waals surface area (Å²) in [7, 11) is 0. The van der Waals surface area contributed by atoms with Crippen molar-refractivity contribution in [1.82, 2.24) is 25.2 Å². The number of ether oxygens (including phenoxy) is 1. The van der Waals surface area contributed by atoms with Crippen LogP contribution in [0.4, 0.5) is 10.7 Å². The highest BCUT2D eigenvalue weighted by Crippen LogP contribution is 2.28. The van der Waals surface area contributed by atoms with Crippen LogP contribution in [-0.4, -0.2) is 42.2 Å². The fourth-order valence-corrected chi connectivity index (χ4v) is 3.92. The molecule has 0 saturated heterocycles. The van der Waals surface area contributed by atoms with Gasteiger partial charge >= 0.3 is 5.95 Å². The Labute approximate surface area is 173 Å². The second-order valence-corrected chi connectivity index (χ2v) is 7.77. The van der Waals surface area contributed by atoms with Crippen LogP contribution in [0.3, 0.4) is 0 Å². The van der Waals surface area contributed by atoms with Crippen molar-refractivity contribution in [2.75, 3.05) is 6.61 Å².